The lowest BCUT2D eigenvalue weighted by Crippen LogP contribution is -2.40. The second-order valence-corrected chi connectivity index (χ2v) is 7.54. The number of hydrogen-bond donors (Lipinski definition) is 0. The third-order valence-corrected chi connectivity index (χ3v) is 5.57. The number of imidazole rings is 1. The first-order valence-electron chi connectivity index (χ1n) is 10.5. The number of methoxy groups -OCH3 is 1. The van der Waals surface area contributed by atoms with E-state index >= 15 is 0 Å². The molecule has 1 aliphatic heterocycles. The van der Waals surface area contributed by atoms with Crippen LogP contribution in [0.2, 0.25) is 0 Å². The second-order valence-electron chi connectivity index (χ2n) is 7.54. The van der Waals surface area contributed by atoms with E-state index in [0.717, 1.165) is 27.9 Å². The van der Waals surface area contributed by atoms with Gasteiger partial charge < -0.3 is 23.5 Å². The van der Waals surface area contributed by atoms with E-state index in [1.807, 2.05) is 51.9 Å². The van der Waals surface area contributed by atoms with Gasteiger partial charge in [0.05, 0.1) is 37.7 Å². The monoisotopic (exact) mass is 433 g/mol. The van der Waals surface area contributed by atoms with Gasteiger partial charge in [-0.05, 0) is 42.5 Å². The fourth-order valence-corrected chi connectivity index (χ4v) is 3.76. The number of amides is 1. The van der Waals surface area contributed by atoms with Crippen LogP contribution in [0, 0.1) is 0 Å². The SMILES string of the molecule is COc1ccc(-c2nc(-c3ccc4c(c3)ncn4CCC(=O)N3CCOCC3)no2)cc1. The molecule has 164 valence electrons. The first-order chi connectivity index (χ1) is 15.7. The Balaban J connectivity index is 1.30. The Morgan fingerprint density at radius 3 is 2.66 bits per heavy atom. The van der Waals surface area contributed by atoms with Crippen molar-refractivity contribution in [2.24, 2.45) is 0 Å². The van der Waals surface area contributed by atoms with E-state index in [1.165, 1.54) is 0 Å². The highest BCUT2D eigenvalue weighted by Crippen LogP contribution is 2.26. The minimum absolute atomic E-state index is 0.143. The molecule has 0 atom stereocenters. The van der Waals surface area contributed by atoms with Gasteiger partial charge in [-0.15, -0.1) is 0 Å². The van der Waals surface area contributed by atoms with E-state index in [-0.39, 0.29) is 5.91 Å². The fraction of sp³-hybridized carbons (Fsp3) is 0.304. The van der Waals surface area contributed by atoms with Crippen molar-refractivity contribution in [1.29, 1.82) is 0 Å². The van der Waals surface area contributed by atoms with Gasteiger partial charge in [-0.2, -0.15) is 4.98 Å². The first kappa shape index (κ1) is 20.2. The second kappa shape index (κ2) is 8.80. The fourth-order valence-electron chi connectivity index (χ4n) is 3.76. The minimum Gasteiger partial charge on any atom is -0.497 e. The Morgan fingerprint density at radius 1 is 1.09 bits per heavy atom. The van der Waals surface area contributed by atoms with Gasteiger partial charge in [0.2, 0.25) is 11.7 Å². The average molecular weight is 433 g/mol. The molecule has 0 bridgehead atoms. The molecule has 1 saturated heterocycles. The van der Waals surface area contributed by atoms with Gasteiger partial charge in [-0.25, -0.2) is 4.98 Å². The summed E-state index contributed by atoms with van der Waals surface area (Å²) in [6.07, 6.45) is 2.20. The molecule has 0 radical (unpaired) electrons. The smallest absolute Gasteiger partial charge is 0.258 e. The number of nitrogens with zero attached hydrogens (tertiary/aromatic N) is 5. The molecule has 0 saturated carbocycles. The van der Waals surface area contributed by atoms with Crippen LogP contribution >= 0.6 is 0 Å². The third kappa shape index (κ3) is 4.06. The van der Waals surface area contributed by atoms with E-state index < -0.39 is 0 Å². The van der Waals surface area contributed by atoms with Crippen molar-refractivity contribution in [3.63, 3.8) is 0 Å². The topological polar surface area (TPSA) is 95.5 Å². The van der Waals surface area contributed by atoms with Gasteiger partial charge in [-0.1, -0.05) is 5.16 Å². The van der Waals surface area contributed by atoms with E-state index in [2.05, 4.69) is 15.1 Å². The summed E-state index contributed by atoms with van der Waals surface area (Å²) in [5.41, 5.74) is 3.41. The van der Waals surface area contributed by atoms with Crippen LogP contribution < -0.4 is 4.74 Å². The van der Waals surface area contributed by atoms with Crippen molar-refractivity contribution < 1.29 is 18.8 Å². The maximum atomic E-state index is 12.4. The standard InChI is InChI=1S/C23H23N5O4/c1-30-18-5-2-16(3-6-18)23-25-22(26-32-23)17-4-7-20-19(14-17)24-15-28(20)9-8-21(29)27-10-12-31-13-11-27/h2-7,14-15H,8-13H2,1H3. The predicted molar refractivity (Wildman–Crippen MR) is 117 cm³/mol. The van der Waals surface area contributed by atoms with Crippen molar-refractivity contribution in [3.8, 4) is 28.6 Å². The molecule has 9 heteroatoms. The number of hydrogen-bond acceptors (Lipinski definition) is 7. The molecule has 2 aromatic carbocycles. The van der Waals surface area contributed by atoms with Crippen LogP contribution in [-0.4, -0.2) is 63.9 Å². The minimum atomic E-state index is 0.143. The normalized spacial score (nSPS) is 14.1. The van der Waals surface area contributed by atoms with Crippen molar-refractivity contribution in [1.82, 2.24) is 24.6 Å². The summed E-state index contributed by atoms with van der Waals surface area (Å²) in [4.78, 5) is 23.3. The van der Waals surface area contributed by atoms with E-state index in [9.17, 15) is 4.79 Å². The molecule has 1 amide bonds. The Labute approximate surface area is 184 Å². The van der Waals surface area contributed by atoms with Gasteiger partial charge in [-0.3, -0.25) is 4.79 Å². The quantitative estimate of drug-likeness (QED) is 0.461. The number of morpholine rings is 1. The molecule has 5 rings (SSSR count). The number of aromatic nitrogens is 4. The number of carbonyl (C=O) groups is 1. The molecule has 4 aromatic rings. The molecular weight excluding hydrogens is 410 g/mol. The van der Waals surface area contributed by atoms with Gasteiger partial charge >= 0.3 is 0 Å². The lowest BCUT2D eigenvalue weighted by Gasteiger charge is -2.26. The van der Waals surface area contributed by atoms with Gasteiger partial charge in [0, 0.05) is 37.2 Å². The Kier molecular flexibility index (Phi) is 5.55. The molecule has 0 aliphatic carbocycles. The summed E-state index contributed by atoms with van der Waals surface area (Å²) in [5.74, 6) is 1.84. The molecule has 32 heavy (non-hydrogen) atoms. The lowest BCUT2D eigenvalue weighted by atomic mass is 10.2. The summed E-state index contributed by atoms with van der Waals surface area (Å²) in [6.45, 7) is 3.12. The van der Waals surface area contributed by atoms with Gasteiger partial charge in [0.1, 0.15) is 5.75 Å². The predicted octanol–water partition coefficient (Wildman–Crippen LogP) is 3.01. The molecule has 1 fully saturated rings. The Bertz CT molecular complexity index is 1220. The molecule has 0 unspecified atom stereocenters. The van der Waals surface area contributed by atoms with Crippen LogP contribution in [0.1, 0.15) is 6.42 Å². The average Bonchev–Trinajstić information content (AvgIpc) is 3.50. The van der Waals surface area contributed by atoms with Crippen LogP contribution in [0.4, 0.5) is 0 Å². The highest BCUT2D eigenvalue weighted by Gasteiger charge is 2.17. The summed E-state index contributed by atoms with van der Waals surface area (Å²) >= 11 is 0. The summed E-state index contributed by atoms with van der Waals surface area (Å²) in [6, 6.07) is 13.3. The largest absolute Gasteiger partial charge is 0.497 e. The summed E-state index contributed by atoms with van der Waals surface area (Å²) in [5, 5.41) is 4.12. The number of aryl methyl sites for hydroxylation is 1. The maximum absolute atomic E-state index is 12.4. The van der Waals surface area contributed by atoms with Crippen molar-refractivity contribution in [2.45, 2.75) is 13.0 Å². The Morgan fingerprint density at radius 2 is 1.88 bits per heavy atom. The number of ether oxygens (including phenoxy) is 2. The highest BCUT2D eigenvalue weighted by molar-refractivity contribution is 5.81. The molecule has 1 aliphatic rings. The first-order valence-corrected chi connectivity index (χ1v) is 10.5. The zero-order valence-electron chi connectivity index (χ0n) is 17.7. The number of rotatable bonds is 6. The van der Waals surface area contributed by atoms with Crippen LogP contribution in [0.25, 0.3) is 33.9 Å². The van der Waals surface area contributed by atoms with Crippen molar-refractivity contribution in [3.05, 3.63) is 48.8 Å². The van der Waals surface area contributed by atoms with Gasteiger partial charge in [0.15, 0.2) is 0 Å². The maximum Gasteiger partial charge on any atom is 0.258 e. The number of fused-ring (bicyclic) bond motifs is 1. The van der Waals surface area contributed by atoms with Crippen LogP contribution in [0.3, 0.4) is 0 Å². The van der Waals surface area contributed by atoms with Crippen LogP contribution in [0.15, 0.2) is 53.3 Å². The van der Waals surface area contributed by atoms with Crippen molar-refractivity contribution in [2.75, 3.05) is 33.4 Å². The van der Waals surface area contributed by atoms with E-state index in [1.54, 1.807) is 13.4 Å². The van der Waals surface area contributed by atoms with Crippen LogP contribution in [-0.2, 0) is 16.1 Å². The molecular formula is C23H23N5O4. The zero-order valence-corrected chi connectivity index (χ0v) is 17.7. The van der Waals surface area contributed by atoms with Crippen LogP contribution in [0.5, 0.6) is 5.75 Å². The zero-order chi connectivity index (χ0) is 21.9. The molecule has 0 spiro atoms. The summed E-state index contributed by atoms with van der Waals surface area (Å²) < 4.78 is 17.9. The molecule has 3 heterocycles. The van der Waals surface area contributed by atoms with E-state index in [4.69, 9.17) is 14.0 Å². The van der Waals surface area contributed by atoms with E-state index in [0.29, 0.717) is 51.0 Å². The van der Waals surface area contributed by atoms with Gasteiger partial charge in [0.25, 0.3) is 5.89 Å². The number of carbonyl (C=O) groups excluding carboxylic acids is 1. The third-order valence-electron chi connectivity index (χ3n) is 5.57. The molecule has 2 aromatic heterocycles. The van der Waals surface area contributed by atoms with Crippen molar-refractivity contribution >= 4 is 16.9 Å². The molecule has 9 nitrogen and oxygen atoms in total. The molecule has 0 N–H and O–H groups in total. The lowest BCUT2D eigenvalue weighted by molar-refractivity contribution is -0.135. The highest BCUT2D eigenvalue weighted by atomic mass is 16.5. The summed E-state index contributed by atoms with van der Waals surface area (Å²) in [7, 11) is 1.62. The number of benzene rings is 2. The Hall–Kier alpha value is -3.72.